The number of aliphatic hydroxyl groups excluding tert-OH is 1. The van der Waals surface area contributed by atoms with E-state index >= 15 is 0 Å². The number of aromatic nitrogens is 1. The van der Waals surface area contributed by atoms with E-state index in [0.717, 1.165) is 16.8 Å². The summed E-state index contributed by atoms with van der Waals surface area (Å²) < 4.78 is 5.70. The molecule has 0 radical (unpaired) electrons. The maximum Gasteiger partial charge on any atom is 0.113 e. The summed E-state index contributed by atoms with van der Waals surface area (Å²) in [7, 11) is 0. The van der Waals surface area contributed by atoms with Gasteiger partial charge in [-0.25, -0.2) is 0 Å². The van der Waals surface area contributed by atoms with E-state index in [1.165, 1.54) is 0 Å². The third kappa shape index (κ3) is 3.40. The summed E-state index contributed by atoms with van der Waals surface area (Å²) in [6.07, 6.45) is 0.626. The number of benzene rings is 1. The van der Waals surface area contributed by atoms with Crippen molar-refractivity contribution in [1.82, 2.24) is 4.98 Å². The van der Waals surface area contributed by atoms with Crippen molar-refractivity contribution in [1.29, 1.82) is 0 Å². The first-order valence-electron chi connectivity index (χ1n) is 6.49. The summed E-state index contributed by atoms with van der Waals surface area (Å²) in [6, 6.07) is 13.6. The monoisotopic (exact) mass is 257 g/mol. The Morgan fingerprint density at radius 3 is 2.42 bits per heavy atom. The van der Waals surface area contributed by atoms with Crippen molar-refractivity contribution in [2.24, 2.45) is 0 Å². The Morgan fingerprint density at radius 1 is 1.11 bits per heavy atom. The van der Waals surface area contributed by atoms with Crippen LogP contribution in [0.15, 0.2) is 48.7 Å². The van der Waals surface area contributed by atoms with Crippen molar-refractivity contribution >= 4 is 0 Å². The number of hydrogen-bond donors (Lipinski definition) is 1. The molecule has 1 aromatic heterocycles. The molecule has 0 saturated carbocycles. The Morgan fingerprint density at radius 2 is 1.84 bits per heavy atom. The average Bonchev–Trinajstić information content (AvgIpc) is 2.46. The highest BCUT2D eigenvalue weighted by Gasteiger charge is 2.23. The highest BCUT2D eigenvalue weighted by molar-refractivity contribution is 5.24. The largest absolute Gasteiger partial charge is 0.385 e. The third-order valence-corrected chi connectivity index (χ3v) is 3.04. The predicted molar refractivity (Wildman–Crippen MR) is 74.7 cm³/mol. The Balaban J connectivity index is 2.26. The maximum absolute atomic E-state index is 10.5. The highest BCUT2D eigenvalue weighted by Crippen LogP contribution is 2.31. The van der Waals surface area contributed by atoms with Crippen molar-refractivity contribution in [3.63, 3.8) is 0 Å². The number of ether oxygens (including phenoxy) is 1. The number of hydrogen-bond acceptors (Lipinski definition) is 3. The van der Waals surface area contributed by atoms with Crippen molar-refractivity contribution in [3.8, 4) is 0 Å². The Bertz CT molecular complexity index is 496. The highest BCUT2D eigenvalue weighted by atomic mass is 16.5. The van der Waals surface area contributed by atoms with E-state index in [9.17, 15) is 5.11 Å². The molecule has 3 heteroatoms. The molecule has 0 aliphatic heterocycles. The van der Waals surface area contributed by atoms with Crippen LogP contribution in [-0.4, -0.2) is 16.7 Å². The first-order valence-corrected chi connectivity index (χ1v) is 6.49. The van der Waals surface area contributed by atoms with Crippen LogP contribution in [0, 0.1) is 6.92 Å². The molecule has 1 N–H and O–H groups in total. The van der Waals surface area contributed by atoms with Gasteiger partial charge in [0.25, 0.3) is 0 Å². The molecule has 0 spiro atoms. The SMILES string of the molecule is CCOC(c1ccccc1)C(O)c1ccc(C)nc1. The van der Waals surface area contributed by atoms with Gasteiger partial charge in [0, 0.05) is 24.1 Å². The van der Waals surface area contributed by atoms with E-state index in [2.05, 4.69) is 4.98 Å². The summed E-state index contributed by atoms with van der Waals surface area (Å²) >= 11 is 0. The van der Waals surface area contributed by atoms with E-state index in [4.69, 9.17) is 4.74 Å². The second-order valence-electron chi connectivity index (χ2n) is 4.46. The molecule has 2 atom stereocenters. The summed E-state index contributed by atoms with van der Waals surface area (Å²) in [5, 5.41) is 10.5. The van der Waals surface area contributed by atoms with Gasteiger partial charge in [-0.1, -0.05) is 36.4 Å². The molecule has 2 rings (SSSR count). The molecular weight excluding hydrogens is 238 g/mol. The van der Waals surface area contributed by atoms with Gasteiger partial charge < -0.3 is 9.84 Å². The van der Waals surface area contributed by atoms with Gasteiger partial charge in [-0.2, -0.15) is 0 Å². The molecule has 0 amide bonds. The zero-order chi connectivity index (χ0) is 13.7. The molecule has 0 bridgehead atoms. The number of rotatable bonds is 5. The quantitative estimate of drug-likeness (QED) is 0.894. The van der Waals surface area contributed by atoms with E-state index in [1.807, 2.05) is 56.3 Å². The van der Waals surface area contributed by atoms with Gasteiger partial charge in [-0.15, -0.1) is 0 Å². The number of nitrogens with zero attached hydrogens (tertiary/aromatic N) is 1. The summed E-state index contributed by atoms with van der Waals surface area (Å²) in [6.45, 7) is 4.40. The van der Waals surface area contributed by atoms with Crippen LogP contribution in [-0.2, 0) is 4.74 Å². The van der Waals surface area contributed by atoms with Crippen molar-refractivity contribution in [2.75, 3.05) is 6.61 Å². The zero-order valence-electron chi connectivity index (χ0n) is 11.3. The molecule has 0 aliphatic rings. The summed E-state index contributed by atoms with van der Waals surface area (Å²) in [5.41, 5.74) is 2.67. The number of pyridine rings is 1. The van der Waals surface area contributed by atoms with Crippen LogP contribution in [0.25, 0.3) is 0 Å². The Labute approximate surface area is 113 Å². The average molecular weight is 257 g/mol. The van der Waals surface area contributed by atoms with Crippen molar-refractivity contribution in [2.45, 2.75) is 26.1 Å². The predicted octanol–water partition coefficient (Wildman–Crippen LogP) is 3.20. The number of aryl methyl sites for hydroxylation is 1. The molecule has 2 unspecified atom stereocenters. The van der Waals surface area contributed by atoms with Crippen LogP contribution in [0.5, 0.6) is 0 Å². The fourth-order valence-electron chi connectivity index (χ4n) is 2.02. The lowest BCUT2D eigenvalue weighted by atomic mass is 9.99. The molecule has 1 heterocycles. The van der Waals surface area contributed by atoms with Gasteiger partial charge in [0.1, 0.15) is 12.2 Å². The Kier molecular flexibility index (Phi) is 4.66. The summed E-state index contributed by atoms with van der Waals surface area (Å²) in [5.74, 6) is 0. The first-order chi connectivity index (χ1) is 9.22. The van der Waals surface area contributed by atoms with Gasteiger partial charge in [0.2, 0.25) is 0 Å². The van der Waals surface area contributed by atoms with E-state index in [-0.39, 0.29) is 6.10 Å². The third-order valence-electron chi connectivity index (χ3n) is 3.04. The maximum atomic E-state index is 10.5. The van der Waals surface area contributed by atoms with Crippen molar-refractivity contribution in [3.05, 3.63) is 65.5 Å². The van der Waals surface area contributed by atoms with Gasteiger partial charge in [0.05, 0.1) is 0 Å². The van der Waals surface area contributed by atoms with Crippen LogP contribution >= 0.6 is 0 Å². The van der Waals surface area contributed by atoms with Gasteiger partial charge in [-0.3, -0.25) is 4.98 Å². The minimum Gasteiger partial charge on any atom is -0.385 e. The number of aliphatic hydroxyl groups is 1. The van der Waals surface area contributed by atoms with Crippen LogP contribution in [0.1, 0.15) is 36.0 Å². The molecule has 19 heavy (non-hydrogen) atoms. The second-order valence-corrected chi connectivity index (χ2v) is 4.46. The fourth-order valence-corrected chi connectivity index (χ4v) is 2.02. The van der Waals surface area contributed by atoms with Gasteiger partial charge in [-0.05, 0) is 25.5 Å². The molecule has 3 nitrogen and oxygen atoms in total. The molecule has 1 aromatic carbocycles. The lowest BCUT2D eigenvalue weighted by Gasteiger charge is -2.23. The normalized spacial score (nSPS) is 14.1. The zero-order valence-corrected chi connectivity index (χ0v) is 11.3. The standard InChI is InChI=1S/C16H19NO2/c1-3-19-16(13-7-5-4-6-8-13)15(18)14-10-9-12(2)17-11-14/h4-11,15-16,18H,3H2,1-2H3. The minimum absolute atomic E-state index is 0.365. The van der Waals surface area contributed by atoms with Crippen LogP contribution in [0.4, 0.5) is 0 Å². The fraction of sp³-hybridized carbons (Fsp3) is 0.312. The smallest absolute Gasteiger partial charge is 0.113 e. The minimum atomic E-state index is -0.713. The van der Waals surface area contributed by atoms with E-state index in [1.54, 1.807) is 6.20 Å². The van der Waals surface area contributed by atoms with Crippen molar-refractivity contribution < 1.29 is 9.84 Å². The first kappa shape index (κ1) is 13.7. The van der Waals surface area contributed by atoms with Gasteiger partial charge in [0.15, 0.2) is 0 Å². The topological polar surface area (TPSA) is 42.4 Å². The van der Waals surface area contributed by atoms with Gasteiger partial charge >= 0.3 is 0 Å². The Hall–Kier alpha value is -1.71. The molecule has 0 aliphatic carbocycles. The molecular formula is C16H19NO2. The van der Waals surface area contributed by atoms with E-state index < -0.39 is 6.10 Å². The molecule has 0 saturated heterocycles. The molecule has 0 fully saturated rings. The molecule has 2 aromatic rings. The second kappa shape index (κ2) is 6.45. The molecule has 100 valence electrons. The van der Waals surface area contributed by atoms with Crippen LogP contribution in [0.2, 0.25) is 0 Å². The van der Waals surface area contributed by atoms with Crippen LogP contribution < -0.4 is 0 Å². The van der Waals surface area contributed by atoms with E-state index in [0.29, 0.717) is 6.61 Å². The van der Waals surface area contributed by atoms with Crippen LogP contribution in [0.3, 0.4) is 0 Å². The lowest BCUT2D eigenvalue weighted by molar-refractivity contribution is -0.0363. The lowest BCUT2D eigenvalue weighted by Crippen LogP contribution is -2.15. The summed E-state index contributed by atoms with van der Waals surface area (Å²) in [4.78, 5) is 4.22.